The van der Waals surface area contributed by atoms with Gasteiger partial charge in [-0.2, -0.15) is 0 Å². The van der Waals surface area contributed by atoms with E-state index in [-0.39, 0.29) is 28.3 Å². The monoisotopic (exact) mass is 209 g/mol. The Labute approximate surface area is 71.2 Å². The van der Waals surface area contributed by atoms with Gasteiger partial charge < -0.3 is 5.11 Å². The summed E-state index contributed by atoms with van der Waals surface area (Å²) < 4.78 is 0. The minimum absolute atomic E-state index is 0. The third-order valence-electron chi connectivity index (χ3n) is 1.33. The van der Waals surface area contributed by atoms with Gasteiger partial charge in [0, 0.05) is 22.4 Å². The first kappa shape index (κ1) is 11.9. The van der Waals surface area contributed by atoms with Gasteiger partial charge in [0.25, 0.3) is 0 Å². The maximum absolute atomic E-state index is 10.2. The molecule has 0 amide bonds. The minimum atomic E-state index is -0.671. The molecule has 0 unspecified atom stereocenters. The fourth-order valence-corrected chi connectivity index (χ4v) is 0.638. The zero-order valence-corrected chi connectivity index (χ0v) is 7.99. The zero-order valence-electron chi connectivity index (χ0n) is 5.79. The fourth-order valence-electron chi connectivity index (χ4n) is 0.638. The van der Waals surface area contributed by atoms with Crippen molar-refractivity contribution in [3.05, 3.63) is 0 Å². The molecular formula is C6H12NbO2. The summed E-state index contributed by atoms with van der Waals surface area (Å²) in [4.78, 5) is 10.2. The van der Waals surface area contributed by atoms with Gasteiger partial charge in [0.05, 0.1) is 5.92 Å². The van der Waals surface area contributed by atoms with Crippen LogP contribution in [0.3, 0.4) is 0 Å². The van der Waals surface area contributed by atoms with Crippen molar-refractivity contribution in [3.8, 4) is 0 Å². The Morgan fingerprint density at radius 1 is 1.44 bits per heavy atom. The molecule has 0 heterocycles. The number of carboxylic acid groups (broad SMARTS) is 1. The zero-order chi connectivity index (χ0) is 6.57. The standard InChI is InChI=1S/C6H12O2.Nb/c1-3-5(4-2)6(7)8;/h5H,3-4H2,1-2H3,(H,7,8);. The van der Waals surface area contributed by atoms with Crippen molar-refractivity contribution in [2.24, 2.45) is 5.92 Å². The molecule has 53 valence electrons. The Morgan fingerprint density at radius 3 is 1.78 bits per heavy atom. The summed E-state index contributed by atoms with van der Waals surface area (Å²) in [5.41, 5.74) is 0. The summed E-state index contributed by atoms with van der Waals surface area (Å²) in [6, 6.07) is 0. The van der Waals surface area contributed by atoms with Crippen LogP contribution < -0.4 is 0 Å². The van der Waals surface area contributed by atoms with Gasteiger partial charge in [-0.25, -0.2) is 0 Å². The maximum Gasteiger partial charge on any atom is 0.306 e. The maximum atomic E-state index is 10.2. The number of aliphatic carboxylic acids is 1. The molecule has 0 fully saturated rings. The van der Waals surface area contributed by atoms with Crippen molar-refractivity contribution in [2.45, 2.75) is 26.7 Å². The average Bonchev–Trinajstić information content (AvgIpc) is 1.69. The van der Waals surface area contributed by atoms with Gasteiger partial charge in [0.2, 0.25) is 0 Å². The van der Waals surface area contributed by atoms with Crippen LogP contribution in [0, 0.1) is 5.92 Å². The smallest absolute Gasteiger partial charge is 0.306 e. The van der Waals surface area contributed by atoms with Gasteiger partial charge in [-0.1, -0.05) is 13.8 Å². The topological polar surface area (TPSA) is 37.3 Å². The Morgan fingerprint density at radius 2 is 1.78 bits per heavy atom. The van der Waals surface area contributed by atoms with Crippen LogP contribution in [-0.2, 0) is 27.2 Å². The summed E-state index contributed by atoms with van der Waals surface area (Å²) in [7, 11) is 0. The van der Waals surface area contributed by atoms with E-state index < -0.39 is 5.97 Å². The first-order valence-corrected chi connectivity index (χ1v) is 2.95. The molecule has 9 heavy (non-hydrogen) atoms. The second-order valence-electron chi connectivity index (χ2n) is 1.85. The number of carbonyl (C=O) groups is 1. The first-order valence-electron chi connectivity index (χ1n) is 2.95. The van der Waals surface area contributed by atoms with E-state index >= 15 is 0 Å². The molecule has 0 aromatic heterocycles. The van der Waals surface area contributed by atoms with Crippen LogP contribution in [0.1, 0.15) is 26.7 Å². The van der Waals surface area contributed by atoms with E-state index in [1.807, 2.05) is 13.8 Å². The van der Waals surface area contributed by atoms with Crippen molar-refractivity contribution in [1.29, 1.82) is 0 Å². The van der Waals surface area contributed by atoms with Crippen LogP contribution >= 0.6 is 0 Å². The SMILES string of the molecule is CCC(CC)C(=O)O.[Nb]. The summed E-state index contributed by atoms with van der Waals surface area (Å²) in [5, 5.41) is 8.37. The predicted molar refractivity (Wildman–Crippen MR) is 31.7 cm³/mol. The van der Waals surface area contributed by atoms with E-state index in [4.69, 9.17) is 5.11 Å². The third-order valence-corrected chi connectivity index (χ3v) is 1.33. The average molecular weight is 209 g/mol. The fraction of sp³-hybridized carbons (Fsp3) is 0.833. The van der Waals surface area contributed by atoms with Gasteiger partial charge in [-0.05, 0) is 12.8 Å². The third kappa shape index (κ3) is 4.70. The molecule has 0 bridgehead atoms. The van der Waals surface area contributed by atoms with Crippen molar-refractivity contribution in [1.82, 2.24) is 0 Å². The molecular weight excluding hydrogens is 197 g/mol. The molecule has 0 aliphatic heterocycles. The summed E-state index contributed by atoms with van der Waals surface area (Å²) in [6.45, 7) is 3.78. The van der Waals surface area contributed by atoms with Gasteiger partial charge in [-0.3, -0.25) is 4.79 Å². The van der Waals surface area contributed by atoms with Gasteiger partial charge in [0.15, 0.2) is 0 Å². The van der Waals surface area contributed by atoms with Crippen molar-refractivity contribution >= 4 is 5.97 Å². The van der Waals surface area contributed by atoms with E-state index in [0.29, 0.717) is 0 Å². The molecule has 1 N–H and O–H groups in total. The largest absolute Gasteiger partial charge is 0.481 e. The molecule has 0 aliphatic carbocycles. The van der Waals surface area contributed by atoms with Crippen LogP contribution in [0.2, 0.25) is 0 Å². The molecule has 0 saturated carbocycles. The van der Waals surface area contributed by atoms with Crippen LogP contribution in [0.25, 0.3) is 0 Å². The summed E-state index contributed by atoms with van der Waals surface area (Å²) >= 11 is 0. The number of rotatable bonds is 3. The minimum Gasteiger partial charge on any atom is -0.481 e. The van der Waals surface area contributed by atoms with Gasteiger partial charge in [-0.15, -0.1) is 0 Å². The van der Waals surface area contributed by atoms with Crippen LogP contribution in [0.4, 0.5) is 0 Å². The molecule has 2 nitrogen and oxygen atoms in total. The predicted octanol–water partition coefficient (Wildman–Crippen LogP) is 1.50. The Hall–Kier alpha value is 0.210. The quantitative estimate of drug-likeness (QED) is 0.715. The number of carboxylic acids is 1. The Bertz CT molecular complexity index is 79.1. The van der Waals surface area contributed by atoms with Crippen LogP contribution in [0.5, 0.6) is 0 Å². The van der Waals surface area contributed by atoms with Crippen molar-refractivity contribution in [2.75, 3.05) is 0 Å². The van der Waals surface area contributed by atoms with Crippen molar-refractivity contribution in [3.63, 3.8) is 0 Å². The normalized spacial score (nSPS) is 8.78. The molecule has 0 rings (SSSR count). The summed E-state index contributed by atoms with van der Waals surface area (Å²) in [5.74, 6) is -0.801. The molecule has 3 heteroatoms. The van der Waals surface area contributed by atoms with Crippen LogP contribution in [0.15, 0.2) is 0 Å². The Kier molecular flexibility index (Phi) is 8.40. The van der Waals surface area contributed by atoms with E-state index in [1.165, 1.54) is 0 Å². The molecule has 0 aromatic rings. The van der Waals surface area contributed by atoms with E-state index in [2.05, 4.69) is 0 Å². The Balaban J connectivity index is 0. The van der Waals surface area contributed by atoms with E-state index in [0.717, 1.165) is 12.8 Å². The number of hydrogen-bond donors (Lipinski definition) is 1. The van der Waals surface area contributed by atoms with Crippen LogP contribution in [-0.4, -0.2) is 11.1 Å². The molecule has 0 atom stereocenters. The molecule has 0 spiro atoms. The molecule has 1 radical (unpaired) electrons. The molecule has 0 saturated heterocycles. The summed E-state index contributed by atoms with van der Waals surface area (Å²) in [6.07, 6.45) is 1.48. The van der Waals surface area contributed by atoms with Crippen molar-refractivity contribution < 1.29 is 32.3 Å². The van der Waals surface area contributed by atoms with Gasteiger partial charge in [0.1, 0.15) is 0 Å². The number of hydrogen-bond acceptors (Lipinski definition) is 1. The first-order chi connectivity index (χ1) is 3.72. The molecule has 0 aliphatic rings. The second kappa shape index (κ2) is 6.33. The van der Waals surface area contributed by atoms with E-state index in [9.17, 15) is 4.79 Å². The van der Waals surface area contributed by atoms with Gasteiger partial charge >= 0.3 is 5.97 Å². The molecule has 0 aromatic carbocycles. The van der Waals surface area contributed by atoms with E-state index in [1.54, 1.807) is 0 Å². The second-order valence-corrected chi connectivity index (χ2v) is 1.85.